The zero-order valence-electron chi connectivity index (χ0n) is 28.2. The molecule has 3 aromatic rings. The lowest BCUT2D eigenvalue weighted by atomic mass is 9.94. The lowest BCUT2D eigenvalue weighted by Crippen LogP contribution is -2.45. The average Bonchev–Trinajstić information content (AvgIpc) is 3.50. The third kappa shape index (κ3) is 15.5. The number of amides is 1. The monoisotopic (exact) mass is 768 g/mol. The van der Waals surface area contributed by atoms with E-state index in [1.165, 1.54) is 24.8 Å². The lowest BCUT2D eigenvalue weighted by molar-refractivity contribution is -0.193. The number of halogens is 6. The number of carboxylic acid groups (broad SMARTS) is 2. The second kappa shape index (κ2) is 21.2. The van der Waals surface area contributed by atoms with Crippen LogP contribution in [0.3, 0.4) is 0 Å². The molecule has 6 N–H and O–H groups in total. The van der Waals surface area contributed by atoms with Crippen LogP contribution >= 0.6 is 11.3 Å². The Morgan fingerprint density at radius 2 is 1.42 bits per heavy atom. The number of benzene rings is 2. The van der Waals surface area contributed by atoms with Crippen LogP contribution in [0.5, 0.6) is 11.5 Å². The Morgan fingerprint density at radius 1 is 0.865 bits per heavy atom. The maximum atomic E-state index is 13.2. The molecule has 0 unspecified atom stereocenters. The van der Waals surface area contributed by atoms with Gasteiger partial charge in [0.25, 0.3) is 0 Å². The first kappa shape index (κ1) is 43.8. The number of aromatic hydroxyl groups is 1. The van der Waals surface area contributed by atoms with E-state index in [0.29, 0.717) is 31.1 Å². The van der Waals surface area contributed by atoms with E-state index in [1.54, 1.807) is 13.2 Å². The van der Waals surface area contributed by atoms with Crippen LogP contribution in [0.25, 0.3) is 10.2 Å². The number of aliphatic carboxylic acids is 2. The van der Waals surface area contributed by atoms with Crippen LogP contribution in [0.2, 0.25) is 0 Å². The number of hydrogen-bond donors (Lipinski definition) is 6. The van der Waals surface area contributed by atoms with E-state index in [0.717, 1.165) is 72.7 Å². The van der Waals surface area contributed by atoms with E-state index in [1.807, 2.05) is 18.2 Å². The number of nitrogens with zero attached hydrogens (tertiary/aromatic N) is 1. The number of carbonyl (C=O) groups is 3. The fourth-order valence-electron chi connectivity index (χ4n) is 5.21. The van der Waals surface area contributed by atoms with Crippen LogP contribution in [0.1, 0.15) is 49.7 Å². The minimum absolute atomic E-state index is 0.104. The Morgan fingerprint density at radius 3 is 1.98 bits per heavy atom. The Hall–Kier alpha value is -4.36. The van der Waals surface area contributed by atoms with Gasteiger partial charge in [-0.05, 0) is 68.1 Å². The number of aromatic nitrogens is 1. The summed E-state index contributed by atoms with van der Waals surface area (Å²) in [5.74, 6) is -4.32. The quantitative estimate of drug-likeness (QED) is 0.0956. The molecule has 0 spiro atoms. The van der Waals surface area contributed by atoms with Crippen molar-refractivity contribution in [2.75, 3.05) is 39.8 Å². The molecule has 0 atom stereocenters. The van der Waals surface area contributed by atoms with Crippen molar-refractivity contribution in [1.82, 2.24) is 20.5 Å². The molecule has 4 rings (SSSR count). The van der Waals surface area contributed by atoms with Crippen LogP contribution in [-0.4, -0.2) is 101 Å². The van der Waals surface area contributed by atoms with Crippen molar-refractivity contribution in [2.24, 2.45) is 0 Å². The zero-order valence-corrected chi connectivity index (χ0v) is 29.1. The maximum Gasteiger partial charge on any atom is 0.490 e. The number of alkyl halides is 6. The fourth-order valence-corrected chi connectivity index (χ4v) is 6.11. The van der Waals surface area contributed by atoms with Gasteiger partial charge in [-0.1, -0.05) is 48.8 Å². The molecular weight excluding hydrogens is 726 g/mol. The highest BCUT2D eigenvalue weighted by molar-refractivity contribution is 7.16. The molecule has 52 heavy (non-hydrogen) atoms. The number of thiazole rings is 1. The smallest absolute Gasteiger partial charge is 0.490 e. The highest BCUT2D eigenvalue weighted by Gasteiger charge is 2.39. The lowest BCUT2D eigenvalue weighted by Gasteiger charge is -2.34. The molecule has 0 saturated heterocycles. The topological polar surface area (TPSA) is 181 Å². The molecule has 290 valence electrons. The van der Waals surface area contributed by atoms with Crippen molar-refractivity contribution in [3.8, 4) is 11.5 Å². The van der Waals surface area contributed by atoms with E-state index in [-0.39, 0.29) is 16.5 Å². The van der Waals surface area contributed by atoms with Crippen molar-refractivity contribution < 1.29 is 60.8 Å². The number of phenolic OH excluding ortho intramolecular Hbond substituents is 1. The number of H-pyrrole nitrogens is 1. The Kier molecular flexibility index (Phi) is 17.9. The molecular formula is C33H42F6N4O8S. The number of hydrogen-bond acceptors (Lipinski definition) is 9. The highest BCUT2D eigenvalue weighted by atomic mass is 32.1. The Balaban J connectivity index is 0.000000564. The summed E-state index contributed by atoms with van der Waals surface area (Å²) in [6.45, 7) is 3.70. The van der Waals surface area contributed by atoms with Crippen LogP contribution < -0.4 is 20.2 Å². The van der Waals surface area contributed by atoms with E-state index >= 15 is 0 Å². The van der Waals surface area contributed by atoms with Gasteiger partial charge in [0.2, 0.25) is 5.91 Å². The fraction of sp³-hybridized carbons (Fsp3) is 0.515. The molecule has 12 nitrogen and oxygen atoms in total. The number of carbonyl (C=O) groups excluding carboxylic acids is 1. The first-order chi connectivity index (χ1) is 24.4. The molecule has 1 aliphatic rings. The average molecular weight is 769 g/mol. The molecule has 1 heterocycles. The molecule has 19 heteroatoms. The molecule has 1 aromatic heterocycles. The summed E-state index contributed by atoms with van der Waals surface area (Å²) in [6.07, 6.45) is -2.16. The van der Waals surface area contributed by atoms with Crippen LogP contribution in [0.15, 0.2) is 41.2 Å². The number of rotatable bonds is 14. The molecule has 1 amide bonds. The van der Waals surface area contributed by atoms with Gasteiger partial charge in [-0.15, -0.1) is 0 Å². The predicted octanol–water partition coefficient (Wildman–Crippen LogP) is 5.09. The summed E-state index contributed by atoms with van der Waals surface area (Å²) in [4.78, 5) is 47.4. The highest BCUT2D eigenvalue weighted by Crippen LogP contribution is 2.28. The van der Waals surface area contributed by atoms with Crippen LogP contribution in [-0.2, 0) is 27.2 Å². The van der Waals surface area contributed by atoms with Gasteiger partial charge in [0.15, 0.2) is 0 Å². The van der Waals surface area contributed by atoms with Crippen molar-refractivity contribution in [2.45, 2.75) is 69.8 Å². The molecule has 1 saturated carbocycles. The predicted molar refractivity (Wildman–Crippen MR) is 181 cm³/mol. The largest absolute Gasteiger partial charge is 0.506 e. The van der Waals surface area contributed by atoms with E-state index in [2.05, 4.69) is 32.7 Å². The number of ether oxygens (including phenoxy) is 1. The number of aromatic amines is 1. The van der Waals surface area contributed by atoms with Gasteiger partial charge in [-0.25, -0.2) is 9.59 Å². The number of fused-ring (bicyclic) bond motifs is 1. The third-order valence-electron chi connectivity index (χ3n) is 7.83. The molecule has 1 fully saturated rings. The Bertz CT molecular complexity index is 1600. The third-order valence-corrected chi connectivity index (χ3v) is 8.78. The summed E-state index contributed by atoms with van der Waals surface area (Å²) in [5, 5.41) is 31.2. The number of methoxy groups -OCH3 is 1. The number of phenols is 1. The summed E-state index contributed by atoms with van der Waals surface area (Å²) in [6, 6.07) is 12.0. The van der Waals surface area contributed by atoms with E-state index < -0.39 is 24.3 Å². The molecule has 0 aliphatic heterocycles. The molecule has 0 radical (unpaired) electrons. The number of nitrogens with one attached hydrogen (secondary N) is 3. The van der Waals surface area contributed by atoms with Gasteiger partial charge in [0, 0.05) is 32.1 Å². The van der Waals surface area contributed by atoms with Gasteiger partial charge in [0.05, 0.1) is 11.8 Å². The van der Waals surface area contributed by atoms with E-state index in [4.69, 9.17) is 24.5 Å². The van der Waals surface area contributed by atoms with Gasteiger partial charge in [-0.3, -0.25) is 9.59 Å². The van der Waals surface area contributed by atoms with Crippen molar-refractivity contribution in [1.29, 1.82) is 0 Å². The molecule has 1 aliphatic carbocycles. The van der Waals surface area contributed by atoms with Gasteiger partial charge in [0.1, 0.15) is 17.0 Å². The van der Waals surface area contributed by atoms with Gasteiger partial charge in [-0.2, -0.15) is 26.3 Å². The second-order valence-electron chi connectivity index (χ2n) is 11.5. The Labute approximate surface area is 298 Å². The minimum Gasteiger partial charge on any atom is -0.506 e. The first-order valence-corrected chi connectivity index (χ1v) is 17.0. The van der Waals surface area contributed by atoms with Gasteiger partial charge < -0.3 is 40.6 Å². The summed E-state index contributed by atoms with van der Waals surface area (Å²) < 4.78 is 69.5. The van der Waals surface area contributed by atoms with Crippen molar-refractivity contribution >= 4 is 39.4 Å². The summed E-state index contributed by atoms with van der Waals surface area (Å²) in [7, 11) is 1.67. The zero-order chi connectivity index (χ0) is 38.9. The number of carboxylic acids is 2. The minimum atomic E-state index is -5.08. The van der Waals surface area contributed by atoms with Gasteiger partial charge >= 0.3 is 29.2 Å². The molecule has 0 bridgehead atoms. The van der Waals surface area contributed by atoms with Crippen molar-refractivity contribution in [3.63, 3.8) is 0 Å². The normalized spacial score (nSPS) is 13.4. The summed E-state index contributed by atoms with van der Waals surface area (Å²) >= 11 is 1.13. The van der Waals surface area contributed by atoms with Crippen molar-refractivity contribution in [3.05, 3.63) is 57.2 Å². The SMILES string of the molecule is COc1ccc(CCNCCC(=O)N(CCNCCc2ccc(O)c3[nH]c(=O)sc23)C2CCCCC2)cc1.O=C(O)C(F)(F)F.O=C(O)C(F)(F)F. The summed E-state index contributed by atoms with van der Waals surface area (Å²) in [5.41, 5.74) is 2.80. The van der Waals surface area contributed by atoms with Crippen LogP contribution in [0, 0.1) is 0 Å². The van der Waals surface area contributed by atoms with E-state index in [9.17, 15) is 41.0 Å². The maximum absolute atomic E-state index is 13.2. The second-order valence-corrected chi connectivity index (χ2v) is 12.5. The van der Waals surface area contributed by atoms with Crippen LogP contribution in [0.4, 0.5) is 26.3 Å². The molecule has 2 aromatic carbocycles. The first-order valence-electron chi connectivity index (χ1n) is 16.2. The standard InChI is InChI=1S/C29H40N4O4S.2C2HF3O2/c1-37-24-10-7-21(8-11-24)13-16-30-18-15-26(35)33(23-5-3-2-4-6-23)20-19-31-17-14-22-9-12-25(34)27-28(22)38-29(36)32-27;2*3-2(4,5)1(6)7/h7-12,23,30-31,34H,2-6,13-20H2,1H3,(H,32,36);2*(H,6,7).